The number of rotatable bonds is 4. The molecule has 2 unspecified atom stereocenters. The molecule has 0 aromatic heterocycles. The summed E-state index contributed by atoms with van der Waals surface area (Å²) in [6.45, 7) is 2.93. The molecule has 0 radical (unpaired) electrons. The highest BCUT2D eigenvalue weighted by Crippen LogP contribution is 2.27. The van der Waals surface area contributed by atoms with Gasteiger partial charge in [-0.1, -0.05) is 31.0 Å². The van der Waals surface area contributed by atoms with Crippen molar-refractivity contribution >= 4 is 5.69 Å². The monoisotopic (exact) mass is 274 g/mol. The van der Waals surface area contributed by atoms with Crippen LogP contribution in [0.2, 0.25) is 0 Å². The topological polar surface area (TPSA) is 44.3 Å². The molecule has 110 valence electrons. The fourth-order valence-corrected chi connectivity index (χ4v) is 3.55. The van der Waals surface area contributed by atoms with Gasteiger partial charge in [0.1, 0.15) is 0 Å². The van der Waals surface area contributed by atoms with E-state index >= 15 is 0 Å². The first-order chi connectivity index (χ1) is 9.84. The molecule has 0 spiro atoms. The maximum absolute atomic E-state index is 10.0. The molecule has 1 aromatic carbocycles. The number of para-hydroxylation sites is 1. The summed E-state index contributed by atoms with van der Waals surface area (Å²) >= 11 is 0. The lowest BCUT2D eigenvalue weighted by Crippen LogP contribution is -2.33. The van der Waals surface area contributed by atoms with Crippen LogP contribution < -0.4 is 10.6 Å². The lowest BCUT2D eigenvalue weighted by molar-refractivity contribution is 0.0695. The molecule has 3 rings (SSSR count). The van der Waals surface area contributed by atoms with Crippen LogP contribution in [0.1, 0.15) is 43.2 Å². The van der Waals surface area contributed by atoms with E-state index in [1.807, 2.05) is 0 Å². The molecule has 0 saturated heterocycles. The summed E-state index contributed by atoms with van der Waals surface area (Å²) in [5.41, 5.74) is 4.16. The maximum atomic E-state index is 10.0. The van der Waals surface area contributed by atoms with E-state index in [9.17, 15) is 5.11 Å². The van der Waals surface area contributed by atoms with E-state index in [4.69, 9.17) is 0 Å². The zero-order chi connectivity index (χ0) is 13.8. The van der Waals surface area contributed by atoms with Gasteiger partial charge in [0.2, 0.25) is 0 Å². The minimum atomic E-state index is -0.0981. The first kappa shape index (κ1) is 13.9. The predicted molar refractivity (Wildman–Crippen MR) is 82.9 cm³/mol. The molecule has 1 aromatic rings. The molecule has 3 nitrogen and oxygen atoms in total. The second-order valence-electron chi connectivity index (χ2n) is 6.22. The Kier molecular flexibility index (Phi) is 4.58. The van der Waals surface area contributed by atoms with Crippen molar-refractivity contribution in [3.63, 3.8) is 0 Å². The van der Waals surface area contributed by atoms with Crippen LogP contribution >= 0.6 is 0 Å². The van der Waals surface area contributed by atoms with Crippen molar-refractivity contribution in [2.45, 2.75) is 51.2 Å². The molecule has 3 N–H and O–H groups in total. The van der Waals surface area contributed by atoms with Gasteiger partial charge in [-0.3, -0.25) is 0 Å². The summed E-state index contributed by atoms with van der Waals surface area (Å²) in [6, 6.07) is 6.61. The Morgan fingerprint density at radius 3 is 3.00 bits per heavy atom. The van der Waals surface area contributed by atoms with Crippen molar-refractivity contribution in [1.82, 2.24) is 5.32 Å². The maximum Gasteiger partial charge on any atom is 0.0580 e. The van der Waals surface area contributed by atoms with Gasteiger partial charge in [0.15, 0.2) is 0 Å². The molecule has 0 amide bonds. The molecule has 1 aliphatic heterocycles. The van der Waals surface area contributed by atoms with Crippen molar-refractivity contribution in [3.05, 3.63) is 29.3 Å². The predicted octanol–water partition coefficient (Wildman–Crippen LogP) is 2.69. The summed E-state index contributed by atoms with van der Waals surface area (Å²) < 4.78 is 0. The third-order valence-electron chi connectivity index (χ3n) is 4.75. The van der Waals surface area contributed by atoms with Crippen molar-refractivity contribution in [2.75, 3.05) is 18.4 Å². The van der Waals surface area contributed by atoms with Crippen molar-refractivity contribution in [2.24, 2.45) is 5.92 Å². The van der Waals surface area contributed by atoms with Crippen LogP contribution in [0.5, 0.6) is 0 Å². The van der Waals surface area contributed by atoms with Gasteiger partial charge in [0.05, 0.1) is 6.10 Å². The highest BCUT2D eigenvalue weighted by Gasteiger charge is 2.22. The minimum Gasteiger partial charge on any atom is -0.393 e. The van der Waals surface area contributed by atoms with Crippen molar-refractivity contribution in [1.29, 1.82) is 0 Å². The fourth-order valence-electron chi connectivity index (χ4n) is 3.55. The summed E-state index contributed by atoms with van der Waals surface area (Å²) in [6.07, 6.45) is 6.93. The number of anilines is 1. The van der Waals surface area contributed by atoms with Gasteiger partial charge < -0.3 is 15.7 Å². The van der Waals surface area contributed by atoms with Gasteiger partial charge in [0.25, 0.3) is 0 Å². The number of nitrogens with one attached hydrogen (secondary N) is 2. The SMILES string of the molecule is OC1CCCCC1CNCc1cccc2c1NCCC2. The standard InChI is InChI=1S/C17H26N2O/c20-16-9-2-1-5-14(16)11-18-12-15-7-3-6-13-8-4-10-19-17(13)15/h3,6-7,14,16,18-20H,1-2,4-5,8-12H2. The number of aryl methyl sites for hydroxylation is 1. The summed E-state index contributed by atoms with van der Waals surface area (Å²) in [7, 11) is 0. The van der Waals surface area contributed by atoms with Gasteiger partial charge in [-0.15, -0.1) is 0 Å². The lowest BCUT2D eigenvalue weighted by atomic mass is 9.86. The Morgan fingerprint density at radius 2 is 2.10 bits per heavy atom. The summed E-state index contributed by atoms with van der Waals surface area (Å²) in [5, 5.41) is 17.1. The Bertz CT molecular complexity index is 447. The third kappa shape index (κ3) is 3.15. The highest BCUT2D eigenvalue weighted by atomic mass is 16.3. The molecular weight excluding hydrogens is 248 g/mol. The Morgan fingerprint density at radius 1 is 1.20 bits per heavy atom. The van der Waals surface area contributed by atoms with Crippen LogP contribution in [0.25, 0.3) is 0 Å². The van der Waals surface area contributed by atoms with Gasteiger partial charge >= 0.3 is 0 Å². The van der Waals surface area contributed by atoms with E-state index in [1.54, 1.807) is 0 Å². The highest BCUT2D eigenvalue weighted by molar-refractivity contribution is 5.59. The Labute approximate surface area is 121 Å². The van der Waals surface area contributed by atoms with E-state index in [-0.39, 0.29) is 6.10 Å². The van der Waals surface area contributed by atoms with Crippen molar-refractivity contribution in [3.8, 4) is 0 Å². The smallest absolute Gasteiger partial charge is 0.0580 e. The molecule has 20 heavy (non-hydrogen) atoms. The third-order valence-corrected chi connectivity index (χ3v) is 4.75. The van der Waals surface area contributed by atoms with E-state index in [0.717, 1.165) is 26.1 Å². The van der Waals surface area contributed by atoms with Gasteiger partial charge in [-0.05, 0) is 42.7 Å². The van der Waals surface area contributed by atoms with Gasteiger partial charge in [-0.2, -0.15) is 0 Å². The average molecular weight is 274 g/mol. The van der Waals surface area contributed by atoms with E-state index in [0.29, 0.717) is 5.92 Å². The Balaban J connectivity index is 1.56. The lowest BCUT2D eigenvalue weighted by Gasteiger charge is -2.28. The molecule has 0 bridgehead atoms. The molecule has 1 aliphatic carbocycles. The summed E-state index contributed by atoms with van der Waals surface area (Å²) in [5.74, 6) is 0.441. The second-order valence-corrected chi connectivity index (χ2v) is 6.22. The number of aliphatic hydroxyl groups is 1. The number of aliphatic hydroxyl groups excluding tert-OH is 1. The molecule has 2 atom stereocenters. The van der Waals surface area contributed by atoms with Crippen LogP contribution in [0.3, 0.4) is 0 Å². The molecule has 1 saturated carbocycles. The molecule has 1 heterocycles. The van der Waals surface area contributed by atoms with E-state index in [2.05, 4.69) is 28.8 Å². The number of benzene rings is 1. The zero-order valence-corrected chi connectivity index (χ0v) is 12.2. The Hall–Kier alpha value is -1.06. The normalized spacial score (nSPS) is 25.9. The van der Waals surface area contributed by atoms with Crippen LogP contribution in [-0.2, 0) is 13.0 Å². The van der Waals surface area contributed by atoms with Crippen LogP contribution in [0.4, 0.5) is 5.69 Å². The van der Waals surface area contributed by atoms with Crippen LogP contribution in [0.15, 0.2) is 18.2 Å². The van der Waals surface area contributed by atoms with Crippen LogP contribution in [0, 0.1) is 5.92 Å². The second kappa shape index (κ2) is 6.59. The zero-order valence-electron chi connectivity index (χ0n) is 12.2. The molecule has 2 aliphatic rings. The van der Waals surface area contributed by atoms with Gasteiger partial charge in [0, 0.05) is 25.3 Å². The van der Waals surface area contributed by atoms with E-state index < -0.39 is 0 Å². The molecular formula is C17H26N2O. The average Bonchev–Trinajstić information content (AvgIpc) is 2.49. The van der Waals surface area contributed by atoms with Crippen LogP contribution in [-0.4, -0.2) is 24.3 Å². The van der Waals surface area contributed by atoms with Gasteiger partial charge in [-0.25, -0.2) is 0 Å². The largest absolute Gasteiger partial charge is 0.393 e. The number of hydrogen-bond acceptors (Lipinski definition) is 3. The number of hydrogen-bond donors (Lipinski definition) is 3. The van der Waals surface area contributed by atoms with E-state index in [1.165, 1.54) is 48.9 Å². The quantitative estimate of drug-likeness (QED) is 0.791. The fraction of sp³-hybridized carbons (Fsp3) is 0.647. The minimum absolute atomic E-state index is 0.0981. The van der Waals surface area contributed by atoms with Crippen molar-refractivity contribution < 1.29 is 5.11 Å². The first-order valence-electron chi connectivity index (χ1n) is 8.08. The molecule has 1 fully saturated rings. The molecule has 3 heteroatoms. The first-order valence-corrected chi connectivity index (χ1v) is 8.08. The number of fused-ring (bicyclic) bond motifs is 1. The summed E-state index contributed by atoms with van der Waals surface area (Å²) in [4.78, 5) is 0.